The van der Waals surface area contributed by atoms with Gasteiger partial charge in [-0.2, -0.15) is 0 Å². The van der Waals surface area contributed by atoms with Crippen molar-refractivity contribution >= 4 is 74.7 Å². The van der Waals surface area contributed by atoms with Crippen LogP contribution in [0.5, 0.6) is 0 Å². The fourth-order valence-electron chi connectivity index (χ4n) is 4.47. The maximum Gasteiger partial charge on any atom is 0.0971 e. The van der Waals surface area contributed by atoms with E-state index >= 15 is 0 Å². The molecule has 5 aromatic carbocycles. The van der Waals surface area contributed by atoms with Crippen molar-refractivity contribution in [3.8, 4) is 0 Å². The van der Waals surface area contributed by atoms with Crippen LogP contribution in [-0.4, -0.2) is 6.26 Å². The minimum absolute atomic E-state index is 1.06. The van der Waals surface area contributed by atoms with Crippen molar-refractivity contribution in [2.45, 2.75) is 4.90 Å². The monoisotopic (exact) mass is 571 g/mol. The molecule has 1 nitrogen and oxygen atoms in total. The Morgan fingerprint density at radius 3 is 1.03 bits per heavy atom. The average Bonchev–Trinajstić information content (AvgIpc) is 2.99. The van der Waals surface area contributed by atoms with E-state index in [0.29, 0.717) is 0 Å². The van der Waals surface area contributed by atoms with E-state index in [9.17, 15) is 0 Å². The fourth-order valence-corrected chi connectivity index (χ4v) is 16.6. The van der Waals surface area contributed by atoms with Crippen LogP contribution in [0.2, 0.25) is 0 Å². The van der Waals surface area contributed by atoms with Crippen molar-refractivity contribution in [1.29, 1.82) is 0 Å². The van der Waals surface area contributed by atoms with E-state index < -0.39 is 12.4 Å². The third-order valence-corrected chi connectivity index (χ3v) is 18.4. The van der Waals surface area contributed by atoms with Crippen LogP contribution in [0.25, 0.3) is 0 Å². The van der Waals surface area contributed by atoms with E-state index in [1.807, 2.05) is 0 Å². The lowest BCUT2D eigenvalue weighted by Gasteiger charge is -2.45. The van der Waals surface area contributed by atoms with Gasteiger partial charge in [-0.1, -0.05) is 145 Å². The highest BCUT2D eigenvalue weighted by Crippen LogP contribution is 2.66. The highest BCUT2D eigenvalue weighted by atomic mass is 32.5. The van der Waals surface area contributed by atoms with Gasteiger partial charge in [-0.15, -0.1) is 11.8 Å². The predicted molar refractivity (Wildman–Crippen MR) is 174 cm³/mol. The quantitative estimate of drug-likeness (QED) is 0.142. The molecule has 0 unspecified atom stereocenters. The van der Waals surface area contributed by atoms with Crippen LogP contribution in [0.3, 0.4) is 0 Å². The van der Waals surface area contributed by atoms with Crippen LogP contribution < -0.4 is 25.7 Å². The molecule has 0 radical (unpaired) electrons. The highest BCUT2D eigenvalue weighted by molar-refractivity contribution is 8.33. The van der Waals surface area contributed by atoms with Crippen LogP contribution in [-0.2, 0) is 23.6 Å². The summed E-state index contributed by atoms with van der Waals surface area (Å²) in [5.41, 5.74) is 1.06. The number of thioether (sulfide) groups is 1. The molecule has 0 saturated carbocycles. The molecular weight excluding hydrogens is 544 g/mol. The molecule has 0 heterocycles. The number of rotatable bonds is 8. The van der Waals surface area contributed by atoms with E-state index in [2.05, 4.69) is 156 Å². The zero-order valence-corrected chi connectivity index (χ0v) is 24.7. The third-order valence-electron chi connectivity index (χ3n) is 6.26. The second-order valence-electron chi connectivity index (χ2n) is 8.48. The topological polar surface area (TPSA) is 3.24 Å². The van der Waals surface area contributed by atoms with Crippen LogP contribution >= 0.6 is 24.1 Å². The molecule has 0 aliphatic heterocycles. The molecule has 0 aromatic heterocycles. The SMILES string of the molecule is CSc1ccc(N(P(=S)(c2ccccc2)c2ccccc2)P(=S)(c2ccccc2)c2ccccc2)cc1. The Hall–Kier alpha value is -2.45. The van der Waals surface area contributed by atoms with Gasteiger partial charge in [0, 0.05) is 31.8 Å². The summed E-state index contributed by atoms with van der Waals surface area (Å²) in [5, 5.41) is 4.52. The van der Waals surface area contributed by atoms with Gasteiger partial charge < -0.3 is 4.44 Å². The van der Waals surface area contributed by atoms with Gasteiger partial charge in [0.2, 0.25) is 0 Å². The summed E-state index contributed by atoms with van der Waals surface area (Å²) in [7, 11) is 0. The normalized spacial score (nSPS) is 11.7. The predicted octanol–water partition coefficient (Wildman–Crippen LogP) is 7.31. The summed E-state index contributed by atoms with van der Waals surface area (Å²) in [5.74, 6) is 0. The van der Waals surface area contributed by atoms with Crippen molar-refractivity contribution in [3.05, 3.63) is 146 Å². The highest BCUT2D eigenvalue weighted by Gasteiger charge is 2.41. The minimum Gasteiger partial charge on any atom is -0.300 e. The van der Waals surface area contributed by atoms with Crippen molar-refractivity contribution < 1.29 is 0 Å². The summed E-state index contributed by atoms with van der Waals surface area (Å²) < 4.78 is 2.48. The standard InChI is InChI=1S/C31H27NP2S3/c1-37-31-24-22-26(23-25-31)32(33(35,27-14-6-2-7-15-27)28-16-8-3-9-17-28)34(36,29-18-10-4-11-19-29)30-20-12-5-13-21-30/h2-25H,1H3. The molecule has 0 fully saturated rings. The lowest BCUT2D eigenvalue weighted by atomic mass is 10.3. The van der Waals surface area contributed by atoms with Gasteiger partial charge in [0.05, 0.1) is 12.4 Å². The van der Waals surface area contributed by atoms with Crippen LogP contribution in [0, 0.1) is 0 Å². The van der Waals surface area contributed by atoms with Crippen LogP contribution in [0.4, 0.5) is 5.69 Å². The first-order chi connectivity index (χ1) is 18.1. The zero-order chi connectivity index (χ0) is 25.7. The smallest absolute Gasteiger partial charge is 0.0971 e. The maximum atomic E-state index is 6.94. The molecule has 0 saturated heterocycles. The summed E-state index contributed by atoms with van der Waals surface area (Å²) in [6, 6.07) is 51.0. The Bertz CT molecular complexity index is 1360. The number of hydrogen-bond donors (Lipinski definition) is 0. The molecule has 184 valence electrons. The number of anilines is 1. The molecule has 0 spiro atoms. The van der Waals surface area contributed by atoms with Crippen LogP contribution in [0.15, 0.2) is 150 Å². The van der Waals surface area contributed by atoms with Gasteiger partial charge in [-0.05, 0) is 30.5 Å². The molecule has 5 aromatic rings. The first-order valence-electron chi connectivity index (χ1n) is 12.0. The summed E-state index contributed by atoms with van der Waals surface area (Å²) >= 11 is 15.6. The molecule has 0 aliphatic carbocycles. The molecular formula is C31H27NP2S3. The van der Waals surface area contributed by atoms with E-state index in [1.165, 1.54) is 4.90 Å². The first-order valence-corrected chi connectivity index (χ1v) is 18.7. The number of hydrogen-bond acceptors (Lipinski definition) is 3. The van der Waals surface area contributed by atoms with Crippen molar-refractivity contribution in [2.24, 2.45) is 0 Å². The van der Waals surface area contributed by atoms with Gasteiger partial charge in [0.25, 0.3) is 0 Å². The molecule has 0 N–H and O–H groups in total. The second-order valence-corrected chi connectivity index (χ2v) is 18.0. The van der Waals surface area contributed by atoms with E-state index in [-0.39, 0.29) is 0 Å². The second kappa shape index (κ2) is 11.5. The Balaban J connectivity index is 1.92. The molecule has 6 heteroatoms. The minimum atomic E-state index is -2.63. The summed E-state index contributed by atoms with van der Waals surface area (Å²) in [4.78, 5) is 1.21. The van der Waals surface area contributed by atoms with Gasteiger partial charge in [0.1, 0.15) is 0 Å². The zero-order valence-electron chi connectivity index (χ0n) is 20.4. The van der Waals surface area contributed by atoms with E-state index in [4.69, 9.17) is 23.6 Å². The van der Waals surface area contributed by atoms with E-state index in [0.717, 1.165) is 26.9 Å². The van der Waals surface area contributed by atoms with Gasteiger partial charge in [0.15, 0.2) is 0 Å². The lowest BCUT2D eigenvalue weighted by molar-refractivity contribution is 1.44. The average molecular weight is 572 g/mol. The third kappa shape index (κ3) is 5.02. The molecule has 0 aliphatic rings. The number of nitrogens with zero attached hydrogens (tertiary/aromatic N) is 1. The van der Waals surface area contributed by atoms with Crippen molar-refractivity contribution in [1.82, 2.24) is 0 Å². The Kier molecular flexibility index (Phi) is 8.15. The van der Waals surface area contributed by atoms with Gasteiger partial charge in [-0.3, -0.25) is 0 Å². The van der Waals surface area contributed by atoms with Crippen LogP contribution in [0.1, 0.15) is 0 Å². The van der Waals surface area contributed by atoms with Gasteiger partial charge >= 0.3 is 0 Å². The molecule has 0 bridgehead atoms. The fraction of sp³-hybridized carbons (Fsp3) is 0.0323. The first kappa shape index (κ1) is 26.2. The Morgan fingerprint density at radius 1 is 0.459 bits per heavy atom. The number of benzene rings is 5. The Labute approximate surface area is 234 Å². The summed E-state index contributed by atoms with van der Waals surface area (Å²) in [6.45, 7) is 0. The van der Waals surface area contributed by atoms with Gasteiger partial charge in [-0.25, -0.2) is 0 Å². The Morgan fingerprint density at radius 2 is 0.757 bits per heavy atom. The molecule has 0 amide bonds. The lowest BCUT2D eigenvalue weighted by Crippen LogP contribution is -2.36. The molecule has 5 rings (SSSR count). The molecule has 0 atom stereocenters. The van der Waals surface area contributed by atoms with Crippen molar-refractivity contribution in [2.75, 3.05) is 10.7 Å². The maximum absolute atomic E-state index is 6.94. The largest absolute Gasteiger partial charge is 0.300 e. The summed E-state index contributed by atoms with van der Waals surface area (Å²) in [6.07, 6.45) is -3.15. The van der Waals surface area contributed by atoms with E-state index in [1.54, 1.807) is 11.8 Å². The molecule has 37 heavy (non-hydrogen) atoms. The van der Waals surface area contributed by atoms with Crippen molar-refractivity contribution in [3.63, 3.8) is 0 Å².